The first-order valence-electron chi connectivity index (χ1n) is 5.77. The van der Waals surface area contributed by atoms with Crippen LogP contribution in [-0.4, -0.2) is 22.4 Å². The Labute approximate surface area is 119 Å². The molecular formula is C11H19N3O4S2. The highest BCUT2D eigenvalue weighted by Crippen LogP contribution is 2.13. The van der Waals surface area contributed by atoms with E-state index in [1.54, 1.807) is 20.8 Å². The zero-order valence-corrected chi connectivity index (χ0v) is 13.2. The summed E-state index contributed by atoms with van der Waals surface area (Å²) in [4.78, 5) is 0. The zero-order valence-electron chi connectivity index (χ0n) is 11.5. The van der Waals surface area contributed by atoms with Crippen LogP contribution in [0.1, 0.15) is 26.3 Å². The van der Waals surface area contributed by atoms with E-state index in [0.29, 0.717) is 11.3 Å². The second-order valence-electron chi connectivity index (χ2n) is 5.46. The third kappa shape index (κ3) is 6.85. The van der Waals surface area contributed by atoms with Crippen LogP contribution in [-0.2, 0) is 26.0 Å². The summed E-state index contributed by atoms with van der Waals surface area (Å²) in [5.74, 6) is -0.291. The Hall–Kier alpha value is -1.16. The molecule has 0 aromatic heterocycles. The molecule has 114 valence electrons. The summed E-state index contributed by atoms with van der Waals surface area (Å²) in [5, 5.41) is 4.93. The normalized spacial score (nSPS) is 13.2. The molecule has 0 saturated heterocycles. The molecule has 0 unspecified atom stereocenters. The first-order chi connectivity index (χ1) is 8.86. The Morgan fingerprint density at radius 3 is 1.95 bits per heavy atom. The fourth-order valence-corrected chi connectivity index (χ4v) is 3.45. The molecule has 1 aromatic carbocycles. The summed E-state index contributed by atoms with van der Waals surface area (Å²) in [5.41, 5.74) is 0.221. The number of hydrogen-bond donors (Lipinski definition) is 3. The number of benzene rings is 1. The third-order valence-corrected chi connectivity index (χ3v) is 4.14. The van der Waals surface area contributed by atoms with E-state index in [1.165, 1.54) is 24.3 Å². The first kappa shape index (κ1) is 16.9. The van der Waals surface area contributed by atoms with Crippen molar-refractivity contribution in [2.75, 3.05) is 4.72 Å². The van der Waals surface area contributed by atoms with Gasteiger partial charge in [0.2, 0.25) is 10.0 Å². The van der Waals surface area contributed by atoms with Crippen LogP contribution in [0.4, 0.5) is 5.69 Å². The van der Waals surface area contributed by atoms with Gasteiger partial charge in [0, 0.05) is 11.2 Å². The molecule has 0 spiro atoms. The van der Waals surface area contributed by atoms with E-state index in [4.69, 9.17) is 5.14 Å². The summed E-state index contributed by atoms with van der Waals surface area (Å²) in [7, 11) is -7.28. The molecule has 20 heavy (non-hydrogen) atoms. The van der Waals surface area contributed by atoms with Crippen molar-refractivity contribution in [2.45, 2.75) is 32.1 Å². The number of nitrogens with one attached hydrogen (secondary N) is 2. The topological polar surface area (TPSA) is 118 Å². The summed E-state index contributed by atoms with van der Waals surface area (Å²) >= 11 is 0. The minimum Gasteiger partial charge on any atom is -0.271 e. The lowest BCUT2D eigenvalue weighted by Gasteiger charge is -2.20. The van der Waals surface area contributed by atoms with Gasteiger partial charge in [0.15, 0.2) is 0 Å². The quantitative estimate of drug-likeness (QED) is 0.732. The van der Waals surface area contributed by atoms with Gasteiger partial charge < -0.3 is 0 Å². The van der Waals surface area contributed by atoms with Gasteiger partial charge in [0.1, 0.15) is 0 Å². The lowest BCUT2D eigenvalue weighted by atomic mass is 10.1. The van der Waals surface area contributed by atoms with Crippen molar-refractivity contribution >= 4 is 25.9 Å². The van der Waals surface area contributed by atoms with E-state index in [2.05, 4.69) is 9.44 Å². The summed E-state index contributed by atoms with van der Waals surface area (Å²) in [6, 6.07) is 5.95. The molecule has 1 aromatic rings. The van der Waals surface area contributed by atoms with E-state index < -0.39 is 25.8 Å². The van der Waals surface area contributed by atoms with Crippen LogP contribution < -0.4 is 14.6 Å². The fraction of sp³-hybridized carbons (Fsp3) is 0.455. The standard InChI is InChI=1S/C11H19N3O4S2/c1-11(2,3)14-20(17,18)13-10-6-4-9(5-7-10)8-19(12,15)16/h4-7,13-14H,8H2,1-3H3,(H2,12,15,16). The van der Waals surface area contributed by atoms with Crippen molar-refractivity contribution in [3.63, 3.8) is 0 Å². The lowest BCUT2D eigenvalue weighted by molar-refractivity contribution is 0.494. The molecule has 0 aliphatic carbocycles. The van der Waals surface area contributed by atoms with Gasteiger partial charge in [-0.25, -0.2) is 13.6 Å². The highest BCUT2D eigenvalue weighted by Gasteiger charge is 2.19. The maximum atomic E-state index is 11.8. The number of primary sulfonamides is 1. The molecule has 0 bridgehead atoms. The van der Waals surface area contributed by atoms with Gasteiger partial charge in [-0.3, -0.25) is 4.72 Å². The minimum atomic E-state index is -3.68. The molecule has 0 fully saturated rings. The van der Waals surface area contributed by atoms with Crippen molar-refractivity contribution < 1.29 is 16.8 Å². The largest absolute Gasteiger partial charge is 0.299 e. The van der Waals surface area contributed by atoms with E-state index in [-0.39, 0.29) is 5.75 Å². The van der Waals surface area contributed by atoms with Crippen LogP contribution in [0, 0.1) is 0 Å². The fourth-order valence-electron chi connectivity index (χ4n) is 1.49. The maximum absolute atomic E-state index is 11.8. The van der Waals surface area contributed by atoms with Gasteiger partial charge in [-0.1, -0.05) is 12.1 Å². The number of anilines is 1. The second-order valence-corrected chi connectivity index (χ2v) is 8.49. The van der Waals surface area contributed by atoms with Crippen LogP contribution >= 0.6 is 0 Å². The van der Waals surface area contributed by atoms with E-state index in [9.17, 15) is 16.8 Å². The Morgan fingerprint density at radius 2 is 1.55 bits per heavy atom. The van der Waals surface area contributed by atoms with E-state index in [1.807, 2.05) is 0 Å². The monoisotopic (exact) mass is 321 g/mol. The Bertz CT molecular complexity index is 659. The van der Waals surface area contributed by atoms with Gasteiger partial charge in [0.25, 0.3) is 10.2 Å². The average molecular weight is 321 g/mol. The highest BCUT2D eigenvalue weighted by molar-refractivity contribution is 7.90. The van der Waals surface area contributed by atoms with Crippen molar-refractivity contribution in [3.8, 4) is 0 Å². The van der Waals surface area contributed by atoms with Crippen molar-refractivity contribution in [1.29, 1.82) is 0 Å². The molecular weight excluding hydrogens is 302 g/mol. The zero-order chi connectivity index (χ0) is 15.6. The molecule has 0 saturated carbocycles. The van der Waals surface area contributed by atoms with Crippen molar-refractivity contribution in [1.82, 2.24) is 4.72 Å². The van der Waals surface area contributed by atoms with Crippen LogP contribution in [0.3, 0.4) is 0 Å². The van der Waals surface area contributed by atoms with Gasteiger partial charge in [-0.05, 0) is 38.5 Å². The van der Waals surface area contributed by atoms with Crippen molar-refractivity contribution in [3.05, 3.63) is 29.8 Å². The Morgan fingerprint density at radius 1 is 1.05 bits per heavy atom. The molecule has 7 nitrogen and oxygen atoms in total. The van der Waals surface area contributed by atoms with Crippen molar-refractivity contribution in [2.24, 2.45) is 5.14 Å². The number of nitrogens with two attached hydrogens (primary N) is 1. The first-order valence-corrected chi connectivity index (χ1v) is 8.97. The number of rotatable bonds is 5. The van der Waals surface area contributed by atoms with Crippen LogP contribution in [0.25, 0.3) is 0 Å². The lowest BCUT2D eigenvalue weighted by Crippen LogP contribution is -2.43. The Balaban J connectivity index is 2.80. The molecule has 0 aliphatic heterocycles. The second kappa shape index (κ2) is 5.68. The summed E-state index contributed by atoms with van der Waals surface area (Å²) in [6.07, 6.45) is 0. The molecule has 0 aliphatic rings. The van der Waals surface area contributed by atoms with Gasteiger partial charge >= 0.3 is 0 Å². The molecule has 0 atom stereocenters. The molecule has 1 rings (SSSR count). The smallest absolute Gasteiger partial charge is 0.271 e. The predicted molar refractivity (Wildman–Crippen MR) is 78.7 cm³/mol. The third-order valence-electron chi connectivity index (χ3n) is 2.01. The maximum Gasteiger partial charge on any atom is 0.299 e. The summed E-state index contributed by atoms with van der Waals surface area (Å²) in [6.45, 7) is 5.17. The minimum absolute atomic E-state index is 0.291. The SMILES string of the molecule is CC(C)(C)NS(=O)(=O)Nc1ccc(CS(N)(=O)=O)cc1. The Kier molecular flexibility index (Phi) is 4.80. The molecule has 0 radical (unpaired) electrons. The molecule has 9 heteroatoms. The van der Waals surface area contributed by atoms with Gasteiger partial charge in [-0.15, -0.1) is 0 Å². The molecule has 0 amide bonds. The average Bonchev–Trinajstić information content (AvgIpc) is 2.14. The molecule has 4 N–H and O–H groups in total. The van der Waals surface area contributed by atoms with Crippen LogP contribution in [0.2, 0.25) is 0 Å². The van der Waals surface area contributed by atoms with Crippen LogP contribution in [0.5, 0.6) is 0 Å². The molecule has 0 heterocycles. The number of sulfonamides is 1. The predicted octanol–water partition coefficient (Wildman–Crippen LogP) is 0.520. The van der Waals surface area contributed by atoms with Gasteiger partial charge in [0.05, 0.1) is 5.75 Å². The van der Waals surface area contributed by atoms with E-state index >= 15 is 0 Å². The van der Waals surface area contributed by atoms with E-state index in [0.717, 1.165) is 0 Å². The van der Waals surface area contributed by atoms with Crippen LogP contribution in [0.15, 0.2) is 24.3 Å². The number of hydrogen-bond acceptors (Lipinski definition) is 4. The van der Waals surface area contributed by atoms with Gasteiger partial charge in [-0.2, -0.15) is 13.1 Å². The highest BCUT2D eigenvalue weighted by atomic mass is 32.2. The summed E-state index contributed by atoms with van der Waals surface area (Å²) < 4.78 is 50.2.